The van der Waals surface area contributed by atoms with Gasteiger partial charge in [-0.05, 0) is 32.1 Å². The Hall–Kier alpha value is -1.92. The zero-order valence-corrected chi connectivity index (χ0v) is 31.4. The molecular formula is C42H76O6. The van der Waals surface area contributed by atoms with Crippen LogP contribution in [0.5, 0.6) is 0 Å². The van der Waals surface area contributed by atoms with Crippen LogP contribution in [0.1, 0.15) is 194 Å². The van der Waals surface area contributed by atoms with Crippen molar-refractivity contribution in [3.05, 3.63) is 36.5 Å². The van der Waals surface area contributed by atoms with Crippen LogP contribution in [0.4, 0.5) is 0 Å². The number of allylic oxidation sites excluding steroid dienone is 5. The van der Waals surface area contributed by atoms with Gasteiger partial charge in [0.1, 0.15) is 6.61 Å². The summed E-state index contributed by atoms with van der Waals surface area (Å²) >= 11 is 0. The average Bonchev–Trinajstić information content (AvgIpc) is 3.08. The van der Waals surface area contributed by atoms with Crippen molar-refractivity contribution in [3.8, 4) is 0 Å². The number of unbranched alkanes of at least 4 members (excludes halogenated alkanes) is 21. The van der Waals surface area contributed by atoms with Crippen molar-refractivity contribution in [1.82, 2.24) is 0 Å². The van der Waals surface area contributed by atoms with E-state index in [-0.39, 0.29) is 31.6 Å². The lowest BCUT2D eigenvalue weighted by Crippen LogP contribution is -2.28. The molecule has 0 aliphatic carbocycles. The third kappa shape index (κ3) is 35.4. The van der Waals surface area contributed by atoms with Gasteiger partial charge < -0.3 is 19.7 Å². The molecule has 48 heavy (non-hydrogen) atoms. The second-order valence-electron chi connectivity index (χ2n) is 13.5. The van der Waals surface area contributed by atoms with Gasteiger partial charge in [-0.3, -0.25) is 9.59 Å². The van der Waals surface area contributed by atoms with Crippen molar-refractivity contribution >= 4 is 11.9 Å². The molecule has 2 N–H and O–H groups in total. The second kappa shape index (κ2) is 37.9. The van der Waals surface area contributed by atoms with E-state index in [9.17, 15) is 19.8 Å². The summed E-state index contributed by atoms with van der Waals surface area (Å²) in [7, 11) is 0. The van der Waals surface area contributed by atoms with E-state index in [0.717, 1.165) is 70.6 Å². The Morgan fingerprint density at radius 2 is 1.06 bits per heavy atom. The molecule has 0 bridgehead atoms. The molecule has 0 aromatic rings. The van der Waals surface area contributed by atoms with E-state index >= 15 is 0 Å². The molecule has 6 heteroatoms. The standard InChI is InChI=1S/C42H76O6/c1-3-5-7-9-11-12-13-14-15-16-17-18-19-20-21-23-27-31-35-41(45)47-38-40(37-43)48-42(46)36-32-28-24-26-30-34-39(44)33-29-25-22-10-8-6-4-2/h6,8,22,25,29,33,39-40,43-44H,3-5,7,9-21,23-24,26-28,30-32,34-38H2,1-2H3/b8-6+,25-22+,33-29+/t39?,40-/m0/s1. The zero-order chi connectivity index (χ0) is 35.2. The first-order valence-corrected chi connectivity index (χ1v) is 20.2. The van der Waals surface area contributed by atoms with E-state index in [2.05, 4.69) is 32.1 Å². The molecule has 0 aliphatic heterocycles. The molecule has 6 nitrogen and oxygen atoms in total. The average molecular weight is 677 g/mol. The number of hydrogen-bond acceptors (Lipinski definition) is 6. The summed E-state index contributed by atoms with van der Waals surface area (Å²) in [5.41, 5.74) is 0. The first kappa shape index (κ1) is 46.1. The molecule has 0 saturated carbocycles. The van der Waals surface area contributed by atoms with Crippen molar-refractivity contribution in [3.63, 3.8) is 0 Å². The van der Waals surface area contributed by atoms with Crippen LogP contribution in [0.3, 0.4) is 0 Å². The van der Waals surface area contributed by atoms with Gasteiger partial charge in [0.25, 0.3) is 0 Å². The van der Waals surface area contributed by atoms with E-state index in [4.69, 9.17) is 9.47 Å². The van der Waals surface area contributed by atoms with Gasteiger partial charge in [0.15, 0.2) is 6.10 Å². The summed E-state index contributed by atoms with van der Waals surface area (Å²) in [4.78, 5) is 24.3. The fraction of sp³-hybridized carbons (Fsp3) is 0.810. The minimum Gasteiger partial charge on any atom is -0.462 e. The quantitative estimate of drug-likeness (QED) is 0.0297. The lowest BCUT2D eigenvalue weighted by Gasteiger charge is -2.15. The number of hydrogen-bond donors (Lipinski definition) is 2. The van der Waals surface area contributed by atoms with Crippen LogP contribution < -0.4 is 0 Å². The normalized spacial score (nSPS) is 13.2. The van der Waals surface area contributed by atoms with Gasteiger partial charge in [0.05, 0.1) is 12.7 Å². The molecule has 0 radical (unpaired) electrons. The second-order valence-corrected chi connectivity index (χ2v) is 13.5. The molecule has 0 aromatic heterocycles. The molecular weight excluding hydrogens is 600 g/mol. The van der Waals surface area contributed by atoms with Crippen LogP contribution in [0.2, 0.25) is 0 Å². The van der Waals surface area contributed by atoms with E-state index in [1.807, 2.05) is 18.2 Å². The molecule has 2 atom stereocenters. The first-order valence-electron chi connectivity index (χ1n) is 20.2. The third-order valence-electron chi connectivity index (χ3n) is 8.80. The fourth-order valence-corrected chi connectivity index (χ4v) is 5.74. The van der Waals surface area contributed by atoms with Crippen LogP contribution >= 0.6 is 0 Å². The van der Waals surface area contributed by atoms with Gasteiger partial charge in [-0.1, -0.05) is 185 Å². The van der Waals surface area contributed by atoms with Crippen molar-refractivity contribution in [2.24, 2.45) is 0 Å². The summed E-state index contributed by atoms with van der Waals surface area (Å²) in [5, 5.41) is 19.6. The monoisotopic (exact) mass is 677 g/mol. The summed E-state index contributed by atoms with van der Waals surface area (Å²) < 4.78 is 10.6. The number of rotatable bonds is 36. The Morgan fingerprint density at radius 1 is 0.583 bits per heavy atom. The Labute approximate surface area is 296 Å². The maximum Gasteiger partial charge on any atom is 0.306 e. The number of carbonyl (C=O) groups excluding carboxylic acids is 2. The molecule has 280 valence electrons. The van der Waals surface area contributed by atoms with Gasteiger partial charge in [-0.2, -0.15) is 0 Å². The van der Waals surface area contributed by atoms with Crippen molar-refractivity contribution in [2.45, 2.75) is 206 Å². The van der Waals surface area contributed by atoms with Crippen LogP contribution in [-0.4, -0.2) is 47.6 Å². The van der Waals surface area contributed by atoms with Crippen molar-refractivity contribution in [2.75, 3.05) is 13.2 Å². The zero-order valence-electron chi connectivity index (χ0n) is 31.4. The lowest BCUT2D eigenvalue weighted by atomic mass is 10.0. The van der Waals surface area contributed by atoms with Gasteiger partial charge in [0.2, 0.25) is 0 Å². The highest BCUT2D eigenvalue weighted by Crippen LogP contribution is 2.15. The molecule has 0 aliphatic rings. The van der Waals surface area contributed by atoms with Crippen molar-refractivity contribution < 1.29 is 29.3 Å². The molecule has 0 rings (SSSR count). The van der Waals surface area contributed by atoms with Crippen LogP contribution in [0.15, 0.2) is 36.5 Å². The number of carbonyl (C=O) groups is 2. The number of esters is 2. The number of ether oxygens (including phenoxy) is 2. The predicted octanol–water partition coefficient (Wildman–Crippen LogP) is 11.4. The number of aliphatic hydroxyl groups excluding tert-OH is 2. The molecule has 0 heterocycles. The molecule has 0 spiro atoms. The van der Waals surface area contributed by atoms with Gasteiger partial charge in [0, 0.05) is 12.8 Å². The van der Waals surface area contributed by atoms with Crippen LogP contribution in [-0.2, 0) is 19.1 Å². The summed E-state index contributed by atoms with van der Waals surface area (Å²) in [5.74, 6) is -0.662. The number of aliphatic hydroxyl groups is 2. The van der Waals surface area contributed by atoms with Gasteiger partial charge in [-0.25, -0.2) is 0 Å². The van der Waals surface area contributed by atoms with Gasteiger partial charge in [-0.15, -0.1) is 0 Å². The maximum atomic E-state index is 12.2. The smallest absolute Gasteiger partial charge is 0.306 e. The topological polar surface area (TPSA) is 93.1 Å². The molecule has 1 unspecified atom stereocenters. The highest BCUT2D eigenvalue weighted by atomic mass is 16.6. The Kier molecular flexibility index (Phi) is 36.4. The Morgan fingerprint density at radius 3 is 1.56 bits per heavy atom. The largest absolute Gasteiger partial charge is 0.462 e. The predicted molar refractivity (Wildman–Crippen MR) is 202 cm³/mol. The third-order valence-corrected chi connectivity index (χ3v) is 8.80. The Balaban J connectivity index is 3.60. The minimum absolute atomic E-state index is 0.0947. The molecule has 0 aromatic carbocycles. The van der Waals surface area contributed by atoms with Crippen LogP contribution in [0, 0.1) is 0 Å². The Bertz CT molecular complexity index is 789. The van der Waals surface area contributed by atoms with E-state index in [1.54, 1.807) is 0 Å². The maximum absolute atomic E-state index is 12.2. The SMILES string of the molecule is CC/C=C/C/C=C/C=C/C(O)CCCCCCCC(=O)O[C@@H](CO)COC(=O)CCCCCCCCCCCCCCCCCCCC. The van der Waals surface area contributed by atoms with E-state index in [0.29, 0.717) is 6.42 Å². The van der Waals surface area contributed by atoms with Gasteiger partial charge >= 0.3 is 11.9 Å². The molecule has 0 saturated heterocycles. The summed E-state index contributed by atoms with van der Waals surface area (Å²) in [6, 6.07) is 0. The van der Waals surface area contributed by atoms with Crippen LogP contribution in [0.25, 0.3) is 0 Å². The molecule has 0 amide bonds. The fourth-order valence-electron chi connectivity index (χ4n) is 5.74. The molecule has 0 fully saturated rings. The highest BCUT2D eigenvalue weighted by molar-refractivity contribution is 5.70. The van der Waals surface area contributed by atoms with E-state index < -0.39 is 12.2 Å². The first-order chi connectivity index (χ1) is 23.5. The lowest BCUT2D eigenvalue weighted by molar-refractivity contribution is -0.161. The summed E-state index contributed by atoms with van der Waals surface area (Å²) in [6.45, 7) is 3.94. The minimum atomic E-state index is -0.807. The highest BCUT2D eigenvalue weighted by Gasteiger charge is 2.16. The summed E-state index contributed by atoms with van der Waals surface area (Å²) in [6.07, 6.45) is 42.3. The van der Waals surface area contributed by atoms with E-state index in [1.165, 1.54) is 96.3 Å². The van der Waals surface area contributed by atoms with Crippen molar-refractivity contribution in [1.29, 1.82) is 0 Å².